The van der Waals surface area contributed by atoms with Crippen molar-refractivity contribution in [2.45, 2.75) is 13.3 Å². The molecule has 0 aliphatic carbocycles. The number of hydrogen-bond acceptors (Lipinski definition) is 5. The molecule has 0 bridgehead atoms. The average Bonchev–Trinajstić information content (AvgIpc) is 2.63. The van der Waals surface area contributed by atoms with E-state index >= 15 is 0 Å². The van der Waals surface area contributed by atoms with E-state index in [1.807, 2.05) is 24.3 Å². The summed E-state index contributed by atoms with van der Waals surface area (Å²) in [5.74, 6) is -0.591. The van der Waals surface area contributed by atoms with Crippen molar-refractivity contribution in [3.63, 3.8) is 0 Å². The molecule has 0 atom stereocenters. The van der Waals surface area contributed by atoms with Crippen LogP contribution in [0, 0.1) is 6.92 Å². The molecule has 7 heteroatoms. The number of benzene rings is 2. The number of halogens is 1. The fourth-order valence-electron chi connectivity index (χ4n) is 2.29. The molecule has 0 heterocycles. The highest BCUT2D eigenvalue weighted by molar-refractivity contribution is 9.10. The third kappa shape index (κ3) is 5.49. The first-order chi connectivity index (χ1) is 12.4. The van der Waals surface area contributed by atoms with Crippen molar-refractivity contribution in [1.29, 1.82) is 0 Å². The molecular weight excluding hydrogens is 402 g/mol. The van der Waals surface area contributed by atoms with E-state index in [2.05, 4.69) is 21.2 Å². The van der Waals surface area contributed by atoms with E-state index in [-0.39, 0.29) is 11.3 Å². The van der Waals surface area contributed by atoms with Crippen LogP contribution in [0.15, 0.2) is 40.9 Å². The number of phenols is 1. The lowest BCUT2D eigenvalue weighted by Crippen LogP contribution is -2.30. The lowest BCUT2D eigenvalue weighted by Gasteiger charge is -2.09. The summed E-state index contributed by atoms with van der Waals surface area (Å²) in [5.41, 5.74) is 1.85. The smallest absolute Gasteiger partial charge is 0.342 e. The molecule has 2 rings (SSSR count). The minimum absolute atomic E-state index is 0.0166. The monoisotopic (exact) mass is 421 g/mol. The van der Waals surface area contributed by atoms with E-state index in [9.17, 15) is 14.7 Å². The number of aryl methyl sites for hydroxylation is 1. The number of aromatic hydroxyl groups is 1. The number of rotatable bonds is 7. The van der Waals surface area contributed by atoms with Crippen molar-refractivity contribution >= 4 is 27.8 Å². The van der Waals surface area contributed by atoms with Crippen LogP contribution in [0.3, 0.4) is 0 Å². The molecule has 0 radical (unpaired) electrons. The zero-order valence-electron chi connectivity index (χ0n) is 14.5. The second-order valence-electron chi connectivity index (χ2n) is 5.67. The predicted molar refractivity (Wildman–Crippen MR) is 101 cm³/mol. The van der Waals surface area contributed by atoms with Crippen LogP contribution in [0.5, 0.6) is 11.5 Å². The molecule has 0 spiro atoms. The molecule has 2 aromatic carbocycles. The van der Waals surface area contributed by atoms with Gasteiger partial charge >= 0.3 is 5.97 Å². The lowest BCUT2D eigenvalue weighted by molar-refractivity contribution is -0.124. The number of carbonyl (C=O) groups is 2. The Morgan fingerprint density at radius 2 is 1.88 bits per heavy atom. The Morgan fingerprint density at radius 3 is 2.54 bits per heavy atom. The van der Waals surface area contributed by atoms with Crippen LogP contribution >= 0.6 is 15.9 Å². The van der Waals surface area contributed by atoms with Crippen LogP contribution in [0.1, 0.15) is 21.5 Å². The molecule has 0 aromatic heterocycles. The Bertz CT molecular complexity index is 789. The van der Waals surface area contributed by atoms with Gasteiger partial charge in [0, 0.05) is 6.54 Å². The highest BCUT2D eigenvalue weighted by atomic mass is 79.9. The molecule has 0 fully saturated rings. The first kappa shape index (κ1) is 19.8. The van der Waals surface area contributed by atoms with Gasteiger partial charge in [0.25, 0.3) is 5.91 Å². The topological polar surface area (TPSA) is 84.9 Å². The highest BCUT2D eigenvalue weighted by Crippen LogP contribution is 2.29. The maximum absolute atomic E-state index is 12.0. The molecule has 0 aliphatic heterocycles. The number of esters is 1. The second-order valence-corrected chi connectivity index (χ2v) is 6.52. The Morgan fingerprint density at radius 1 is 1.19 bits per heavy atom. The number of methoxy groups -OCH3 is 1. The minimum atomic E-state index is -0.753. The first-order valence-corrected chi connectivity index (χ1v) is 8.76. The highest BCUT2D eigenvalue weighted by Gasteiger charge is 2.17. The SMILES string of the molecule is COc1ccc(CCNC(=O)COC(=O)c2cc(C)cc(Br)c2O)cc1. The van der Waals surface area contributed by atoms with E-state index in [0.29, 0.717) is 17.4 Å². The molecule has 138 valence electrons. The standard InChI is InChI=1S/C19H20BrNO5/c1-12-9-15(18(23)16(20)10-12)19(24)26-11-17(22)21-8-7-13-3-5-14(25-2)6-4-13/h3-6,9-10,23H,7-8,11H2,1-2H3,(H,21,22). The molecule has 0 unspecified atom stereocenters. The van der Waals surface area contributed by atoms with Gasteiger partial charge in [0.1, 0.15) is 17.1 Å². The van der Waals surface area contributed by atoms with E-state index in [4.69, 9.17) is 9.47 Å². The zero-order chi connectivity index (χ0) is 19.1. The van der Waals surface area contributed by atoms with Gasteiger partial charge in [-0.2, -0.15) is 0 Å². The first-order valence-electron chi connectivity index (χ1n) is 7.96. The van der Waals surface area contributed by atoms with Gasteiger partial charge in [-0.25, -0.2) is 4.79 Å². The largest absolute Gasteiger partial charge is 0.506 e. The van der Waals surface area contributed by atoms with E-state index in [1.165, 1.54) is 6.07 Å². The Balaban J connectivity index is 1.78. The van der Waals surface area contributed by atoms with Crippen molar-refractivity contribution in [2.24, 2.45) is 0 Å². The van der Waals surface area contributed by atoms with Gasteiger partial charge in [0.05, 0.1) is 11.6 Å². The number of hydrogen-bond donors (Lipinski definition) is 2. The number of nitrogens with one attached hydrogen (secondary N) is 1. The van der Waals surface area contributed by atoms with Gasteiger partial charge in [-0.3, -0.25) is 4.79 Å². The molecule has 6 nitrogen and oxygen atoms in total. The third-order valence-electron chi connectivity index (χ3n) is 3.66. The summed E-state index contributed by atoms with van der Waals surface area (Å²) < 4.78 is 10.4. The summed E-state index contributed by atoms with van der Waals surface area (Å²) in [7, 11) is 1.60. The zero-order valence-corrected chi connectivity index (χ0v) is 16.1. The number of amides is 1. The van der Waals surface area contributed by atoms with Crippen LogP contribution in [0.4, 0.5) is 0 Å². The molecule has 0 aliphatic rings. The summed E-state index contributed by atoms with van der Waals surface area (Å²) in [4.78, 5) is 23.8. The molecule has 2 aromatic rings. The Hall–Kier alpha value is -2.54. The maximum atomic E-state index is 12.0. The van der Waals surface area contributed by atoms with Crippen LogP contribution in [-0.2, 0) is 16.0 Å². The molecule has 0 saturated heterocycles. The lowest BCUT2D eigenvalue weighted by atomic mass is 10.1. The fraction of sp³-hybridized carbons (Fsp3) is 0.263. The van der Waals surface area contributed by atoms with Gasteiger partial charge < -0.3 is 19.9 Å². The van der Waals surface area contributed by atoms with Crippen LogP contribution < -0.4 is 10.1 Å². The predicted octanol–water partition coefficient (Wildman–Crippen LogP) is 2.99. The van der Waals surface area contributed by atoms with E-state index in [1.54, 1.807) is 20.1 Å². The third-order valence-corrected chi connectivity index (χ3v) is 4.26. The fourth-order valence-corrected chi connectivity index (χ4v) is 2.86. The van der Waals surface area contributed by atoms with E-state index in [0.717, 1.165) is 16.9 Å². The van der Waals surface area contributed by atoms with Gasteiger partial charge in [-0.05, 0) is 64.7 Å². The van der Waals surface area contributed by atoms with Gasteiger partial charge in [-0.1, -0.05) is 12.1 Å². The number of carbonyl (C=O) groups excluding carboxylic acids is 2. The van der Waals surface area contributed by atoms with Crippen molar-refractivity contribution < 1.29 is 24.2 Å². The summed E-state index contributed by atoms with van der Waals surface area (Å²) >= 11 is 3.17. The van der Waals surface area contributed by atoms with E-state index < -0.39 is 18.5 Å². The van der Waals surface area contributed by atoms with Crippen molar-refractivity contribution in [3.8, 4) is 11.5 Å². The summed E-state index contributed by atoms with van der Waals surface area (Å²) in [6, 6.07) is 10.7. The van der Waals surface area contributed by atoms with Crippen LogP contribution in [-0.4, -0.2) is 37.2 Å². The summed E-state index contributed by atoms with van der Waals surface area (Å²) in [5, 5.41) is 12.6. The van der Waals surface area contributed by atoms with Crippen LogP contribution in [0.25, 0.3) is 0 Å². The number of ether oxygens (including phenoxy) is 2. The van der Waals surface area contributed by atoms with Gasteiger partial charge in [-0.15, -0.1) is 0 Å². The maximum Gasteiger partial charge on any atom is 0.342 e. The van der Waals surface area contributed by atoms with Crippen LogP contribution in [0.2, 0.25) is 0 Å². The number of phenolic OH excluding ortho intramolecular Hbond substituents is 1. The minimum Gasteiger partial charge on any atom is -0.506 e. The average molecular weight is 422 g/mol. The molecule has 26 heavy (non-hydrogen) atoms. The second kappa shape index (κ2) is 9.24. The van der Waals surface area contributed by atoms with Crippen molar-refractivity contribution in [1.82, 2.24) is 5.32 Å². The molecular formula is C19H20BrNO5. The van der Waals surface area contributed by atoms with Crippen molar-refractivity contribution in [2.75, 3.05) is 20.3 Å². The molecule has 1 amide bonds. The van der Waals surface area contributed by atoms with Gasteiger partial charge in [0.2, 0.25) is 0 Å². The quantitative estimate of drug-likeness (QED) is 0.671. The van der Waals surface area contributed by atoms with Crippen molar-refractivity contribution in [3.05, 3.63) is 57.6 Å². The normalized spacial score (nSPS) is 10.3. The Labute approximate surface area is 160 Å². The molecule has 2 N–H and O–H groups in total. The molecule has 0 saturated carbocycles. The summed E-state index contributed by atoms with van der Waals surface area (Å²) in [6.07, 6.45) is 0.648. The summed E-state index contributed by atoms with van der Waals surface area (Å²) in [6.45, 7) is 1.79. The Kier molecular flexibility index (Phi) is 7.03. The van der Waals surface area contributed by atoms with Gasteiger partial charge in [0.15, 0.2) is 6.61 Å².